The van der Waals surface area contributed by atoms with Crippen LogP contribution in [-0.4, -0.2) is 24.0 Å². The van der Waals surface area contributed by atoms with Gasteiger partial charge in [-0.3, -0.25) is 4.79 Å². The van der Waals surface area contributed by atoms with E-state index in [9.17, 15) is 4.79 Å². The first kappa shape index (κ1) is 16.8. The van der Waals surface area contributed by atoms with Gasteiger partial charge in [-0.05, 0) is 30.2 Å². The van der Waals surface area contributed by atoms with Gasteiger partial charge in [0.25, 0.3) is 5.91 Å². The van der Waals surface area contributed by atoms with Gasteiger partial charge in [0.15, 0.2) is 6.61 Å². The molecule has 1 amide bonds. The predicted molar refractivity (Wildman–Crippen MR) is 105 cm³/mol. The maximum atomic E-state index is 12.2. The zero-order valence-corrected chi connectivity index (χ0v) is 15.5. The first-order chi connectivity index (χ1) is 12.7. The Morgan fingerprint density at radius 3 is 2.85 bits per heavy atom. The van der Waals surface area contributed by atoms with Crippen LogP contribution in [0.4, 0.5) is 5.69 Å². The molecule has 0 atom stereocenters. The third-order valence-corrected chi connectivity index (χ3v) is 5.24. The van der Waals surface area contributed by atoms with Crippen LogP contribution in [-0.2, 0) is 11.2 Å². The number of fused-ring (bicyclic) bond motifs is 1. The summed E-state index contributed by atoms with van der Waals surface area (Å²) in [4.78, 5) is 18.8. The van der Waals surface area contributed by atoms with Gasteiger partial charge in [-0.2, -0.15) is 0 Å². The lowest BCUT2D eigenvalue weighted by Crippen LogP contribution is -2.39. The van der Waals surface area contributed by atoms with Gasteiger partial charge in [0.05, 0.1) is 16.4 Å². The zero-order chi connectivity index (χ0) is 17.9. The van der Waals surface area contributed by atoms with E-state index in [1.165, 1.54) is 5.56 Å². The average Bonchev–Trinajstić information content (AvgIpc) is 3.13. The molecule has 0 spiro atoms. The molecule has 3 aromatic rings. The fourth-order valence-corrected chi connectivity index (χ4v) is 3.96. The van der Waals surface area contributed by atoms with Crippen LogP contribution in [0, 0.1) is 0 Å². The van der Waals surface area contributed by atoms with Crippen molar-refractivity contribution in [3.63, 3.8) is 0 Å². The fourth-order valence-electron chi connectivity index (χ4n) is 3.13. The number of ether oxygens (including phenoxy) is 1. The number of benzene rings is 2. The highest BCUT2D eigenvalue weighted by Crippen LogP contribution is 2.36. The standard InChI is InChI=1S/C21H20N2O2S/c1-2-10-23-18-12-16(8-9-19(18)25-13-21(23)24)17-14-26-20(22-17)11-15-6-4-3-5-7-15/h3-9,12,14H,2,10-11,13H2,1H3. The summed E-state index contributed by atoms with van der Waals surface area (Å²) in [5, 5.41) is 3.16. The van der Waals surface area contributed by atoms with Crippen LogP contribution in [0.15, 0.2) is 53.9 Å². The number of carbonyl (C=O) groups excluding carboxylic acids is 1. The fraction of sp³-hybridized carbons (Fsp3) is 0.238. The van der Waals surface area contributed by atoms with E-state index in [4.69, 9.17) is 9.72 Å². The van der Waals surface area contributed by atoms with Crippen molar-refractivity contribution in [1.82, 2.24) is 4.98 Å². The topological polar surface area (TPSA) is 42.4 Å². The maximum absolute atomic E-state index is 12.2. The van der Waals surface area contributed by atoms with Crippen molar-refractivity contribution in [2.45, 2.75) is 19.8 Å². The van der Waals surface area contributed by atoms with Gasteiger partial charge < -0.3 is 9.64 Å². The summed E-state index contributed by atoms with van der Waals surface area (Å²) in [6.45, 7) is 2.89. The van der Waals surface area contributed by atoms with E-state index in [-0.39, 0.29) is 12.5 Å². The Morgan fingerprint density at radius 1 is 1.19 bits per heavy atom. The normalized spacial score (nSPS) is 13.4. The third-order valence-electron chi connectivity index (χ3n) is 4.39. The van der Waals surface area contributed by atoms with Gasteiger partial charge in [-0.1, -0.05) is 37.3 Å². The number of nitrogens with zero attached hydrogens (tertiary/aromatic N) is 2. The number of thiazole rings is 1. The van der Waals surface area contributed by atoms with Crippen LogP contribution in [0.5, 0.6) is 5.75 Å². The molecule has 26 heavy (non-hydrogen) atoms. The van der Waals surface area contributed by atoms with Gasteiger partial charge in [-0.25, -0.2) is 4.98 Å². The highest BCUT2D eigenvalue weighted by atomic mass is 32.1. The van der Waals surface area contributed by atoms with E-state index in [2.05, 4.69) is 24.4 Å². The first-order valence-electron chi connectivity index (χ1n) is 8.80. The highest BCUT2D eigenvalue weighted by molar-refractivity contribution is 7.10. The number of hydrogen-bond donors (Lipinski definition) is 0. The molecule has 0 unspecified atom stereocenters. The Morgan fingerprint density at radius 2 is 2.04 bits per heavy atom. The van der Waals surface area contributed by atoms with E-state index in [0.29, 0.717) is 6.54 Å². The zero-order valence-electron chi connectivity index (χ0n) is 14.6. The minimum Gasteiger partial charge on any atom is -0.482 e. The lowest BCUT2D eigenvalue weighted by molar-refractivity contribution is -0.121. The molecule has 1 aromatic heterocycles. The number of hydrogen-bond acceptors (Lipinski definition) is 4. The number of anilines is 1. The van der Waals surface area contributed by atoms with Crippen molar-refractivity contribution in [3.05, 3.63) is 64.5 Å². The molecule has 0 radical (unpaired) electrons. The van der Waals surface area contributed by atoms with Gasteiger partial charge in [0, 0.05) is 23.9 Å². The molecule has 0 bridgehead atoms. The Labute approximate surface area is 157 Å². The quantitative estimate of drug-likeness (QED) is 0.668. The lowest BCUT2D eigenvalue weighted by atomic mass is 10.1. The largest absolute Gasteiger partial charge is 0.482 e. The Kier molecular flexibility index (Phi) is 4.71. The van der Waals surface area contributed by atoms with E-state index in [1.54, 1.807) is 11.3 Å². The molecule has 1 aliphatic rings. The second-order valence-electron chi connectivity index (χ2n) is 6.31. The summed E-state index contributed by atoms with van der Waals surface area (Å²) in [6, 6.07) is 16.3. The molecular weight excluding hydrogens is 344 g/mol. The van der Waals surface area contributed by atoms with Crippen LogP contribution < -0.4 is 9.64 Å². The van der Waals surface area contributed by atoms with Gasteiger partial charge in [-0.15, -0.1) is 11.3 Å². The minimum absolute atomic E-state index is 0.0135. The molecule has 0 aliphatic carbocycles. The molecule has 0 saturated heterocycles. The highest BCUT2D eigenvalue weighted by Gasteiger charge is 2.25. The summed E-state index contributed by atoms with van der Waals surface area (Å²) in [6.07, 6.45) is 1.74. The SMILES string of the molecule is CCCN1C(=O)COc2ccc(-c3csc(Cc4ccccc4)n3)cc21. The van der Waals surface area contributed by atoms with E-state index < -0.39 is 0 Å². The van der Waals surface area contributed by atoms with Crippen LogP contribution in [0.2, 0.25) is 0 Å². The first-order valence-corrected chi connectivity index (χ1v) is 9.68. The molecule has 1 aliphatic heterocycles. The smallest absolute Gasteiger partial charge is 0.265 e. The molecule has 0 fully saturated rings. The Balaban J connectivity index is 1.62. The van der Waals surface area contributed by atoms with Crippen molar-refractivity contribution in [1.29, 1.82) is 0 Å². The molecule has 4 nitrogen and oxygen atoms in total. The van der Waals surface area contributed by atoms with E-state index in [1.807, 2.05) is 41.3 Å². The predicted octanol–water partition coefficient (Wildman–Crippen LogP) is 4.54. The lowest BCUT2D eigenvalue weighted by Gasteiger charge is -2.29. The van der Waals surface area contributed by atoms with E-state index in [0.717, 1.165) is 40.5 Å². The summed E-state index contributed by atoms with van der Waals surface area (Å²) >= 11 is 1.67. The van der Waals surface area contributed by atoms with Gasteiger partial charge in [0.1, 0.15) is 5.75 Å². The number of aromatic nitrogens is 1. The number of carbonyl (C=O) groups is 1. The summed E-state index contributed by atoms with van der Waals surface area (Å²) in [5.74, 6) is 0.779. The minimum atomic E-state index is 0.0135. The number of rotatable bonds is 5. The molecule has 2 heterocycles. The van der Waals surface area contributed by atoms with Crippen LogP contribution in [0.3, 0.4) is 0 Å². The molecule has 2 aromatic carbocycles. The second kappa shape index (κ2) is 7.30. The van der Waals surface area contributed by atoms with Crippen molar-refractivity contribution in [2.75, 3.05) is 18.1 Å². The summed E-state index contributed by atoms with van der Waals surface area (Å²) in [7, 11) is 0. The van der Waals surface area contributed by atoms with Crippen molar-refractivity contribution in [3.8, 4) is 17.0 Å². The van der Waals surface area contributed by atoms with Gasteiger partial charge in [0.2, 0.25) is 0 Å². The second-order valence-corrected chi connectivity index (χ2v) is 7.25. The molecule has 132 valence electrons. The molecule has 5 heteroatoms. The molecule has 0 saturated carbocycles. The molecular formula is C21H20N2O2S. The maximum Gasteiger partial charge on any atom is 0.265 e. The van der Waals surface area contributed by atoms with Crippen molar-refractivity contribution >= 4 is 22.9 Å². The third kappa shape index (κ3) is 3.35. The van der Waals surface area contributed by atoms with Crippen LogP contribution in [0.1, 0.15) is 23.9 Å². The average molecular weight is 364 g/mol. The monoisotopic (exact) mass is 364 g/mol. The summed E-state index contributed by atoms with van der Waals surface area (Å²) in [5.41, 5.74) is 4.06. The van der Waals surface area contributed by atoms with Crippen molar-refractivity contribution in [2.24, 2.45) is 0 Å². The van der Waals surface area contributed by atoms with Crippen LogP contribution in [0.25, 0.3) is 11.3 Å². The van der Waals surface area contributed by atoms with E-state index >= 15 is 0 Å². The van der Waals surface area contributed by atoms with Gasteiger partial charge >= 0.3 is 0 Å². The Bertz CT molecular complexity index is 921. The molecule has 0 N–H and O–H groups in total. The van der Waals surface area contributed by atoms with Crippen LogP contribution >= 0.6 is 11.3 Å². The summed E-state index contributed by atoms with van der Waals surface area (Å²) < 4.78 is 5.58. The number of amides is 1. The molecule has 4 rings (SSSR count). The van der Waals surface area contributed by atoms with Crippen molar-refractivity contribution < 1.29 is 9.53 Å². The Hall–Kier alpha value is -2.66.